The van der Waals surface area contributed by atoms with Crippen molar-refractivity contribution in [3.63, 3.8) is 0 Å². The molecule has 1 aromatic rings. The van der Waals surface area contributed by atoms with Gasteiger partial charge in [0, 0.05) is 12.3 Å². The molecular weight excluding hydrogens is 218 g/mol. The number of carbonyl (C=O) groups excluding carboxylic acids is 3. The molecule has 0 unspecified atom stereocenters. The number of benzene rings is 1. The van der Waals surface area contributed by atoms with Gasteiger partial charge < -0.3 is 4.79 Å². The van der Waals surface area contributed by atoms with Gasteiger partial charge >= 0.3 is 0 Å². The van der Waals surface area contributed by atoms with Crippen molar-refractivity contribution in [1.29, 1.82) is 0 Å². The van der Waals surface area contributed by atoms with Crippen LogP contribution in [0.1, 0.15) is 13.3 Å². The number of imide groups is 1. The van der Waals surface area contributed by atoms with E-state index < -0.39 is 11.8 Å². The van der Waals surface area contributed by atoms with Crippen LogP contribution in [0.3, 0.4) is 0 Å². The predicted octanol–water partition coefficient (Wildman–Crippen LogP) is 1.40. The van der Waals surface area contributed by atoms with Gasteiger partial charge in [0.25, 0.3) is 0 Å². The zero-order valence-electron chi connectivity index (χ0n) is 9.50. The topological polar surface area (TPSA) is 54.5 Å². The van der Waals surface area contributed by atoms with E-state index in [4.69, 9.17) is 0 Å². The molecule has 1 aliphatic rings. The summed E-state index contributed by atoms with van der Waals surface area (Å²) >= 11 is 0. The van der Waals surface area contributed by atoms with E-state index in [-0.39, 0.29) is 18.2 Å². The number of carbonyl (C=O) groups is 3. The molecule has 88 valence electrons. The maximum Gasteiger partial charge on any atom is 0.238 e. The second-order valence-corrected chi connectivity index (χ2v) is 4.21. The van der Waals surface area contributed by atoms with Gasteiger partial charge in [0.2, 0.25) is 11.8 Å². The minimum Gasteiger partial charge on any atom is -0.303 e. The second-order valence-electron chi connectivity index (χ2n) is 4.21. The monoisotopic (exact) mass is 231 g/mol. The van der Waals surface area contributed by atoms with Gasteiger partial charge in [-0.3, -0.25) is 14.5 Å². The molecule has 0 saturated carbocycles. The predicted molar refractivity (Wildman–Crippen MR) is 62.3 cm³/mol. The molecule has 0 radical (unpaired) electrons. The van der Waals surface area contributed by atoms with Gasteiger partial charge in [-0.25, -0.2) is 0 Å². The van der Waals surface area contributed by atoms with Crippen LogP contribution in [0.15, 0.2) is 30.3 Å². The Morgan fingerprint density at radius 1 is 1.29 bits per heavy atom. The van der Waals surface area contributed by atoms with E-state index in [0.717, 1.165) is 6.29 Å². The molecule has 2 atom stereocenters. The van der Waals surface area contributed by atoms with Crippen LogP contribution in [-0.2, 0) is 14.4 Å². The summed E-state index contributed by atoms with van der Waals surface area (Å²) in [5.74, 6) is -1.44. The van der Waals surface area contributed by atoms with E-state index in [0.29, 0.717) is 5.69 Å². The first-order valence-corrected chi connectivity index (χ1v) is 5.52. The molecule has 1 heterocycles. The average molecular weight is 231 g/mol. The van der Waals surface area contributed by atoms with Gasteiger partial charge in [0.1, 0.15) is 6.29 Å². The van der Waals surface area contributed by atoms with Gasteiger partial charge in [-0.05, 0) is 12.1 Å². The highest BCUT2D eigenvalue weighted by Crippen LogP contribution is 2.29. The highest BCUT2D eigenvalue weighted by atomic mass is 16.2. The first-order valence-electron chi connectivity index (χ1n) is 5.52. The Morgan fingerprint density at radius 2 is 1.94 bits per heavy atom. The minimum absolute atomic E-state index is 0.119. The lowest BCUT2D eigenvalue weighted by molar-refractivity contribution is -0.125. The molecular formula is C13H13NO3. The Balaban J connectivity index is 2.29. The summed E-state index contributed by atoms with van der Waals surface area (Å²) in [5.41, 5.74) is 0.572. The summed E-state index contributed by atoms with van der Waals surface area (Å²) in [6.07, 6.45) is 0.845. The first kappa shape index (κ1) is 11.5. The molecule has 2 rings (SSSR count). The fourth-order valence-electron chi connectivity index (χ4n) is 2.01. The summed E-state index contributed by atoms with van der Waals surface area (Å²) in [5, 5.41) is 0. The number of hydrogen-bond acceptors (Lipinski definition) is 3. The van der Waals surface area contributed by atoms with E-state index in [1.165, 1.54) is 4.90 Å². The number of aldehydes is 1. The Bertz CT molecular complexity index is 455. The highest BCUT2D eigenvalue weighted by Gasteiger charge is 2.41. The number of amides is 2. The first-order chi connectivity index (χ1) is 8.15. The number of anilines is 1. The second kappa shape index (κ2) is 4.49. The number of rotatable bonds is 3. The summed E-state index contributed by atoms with van der Waals surface area (Å²) in [6.45, 7) is 1.66. The zero-order valence-corrected chi connectivity index (χ0v) is 9.50. The molecule has 4 nitrogen and oxygen atoms in total. The smallest absolute Gasteiger partial charge is 0.238 e. The standard InChI is InChI=1S/C13H13NO3/c1-9(8-15)11-7-12(16)14(13(11)17)10-5-3-2-4-6-10/h2-6,8-9,11H,7H2,1H3/t9-,11+/m1/s1. The largest absolute Gasteiger partial charge is 0.303 e. The molecule has 0 aromatic heterocycles. The third-order valence-electron chi connectivity index (χ3n) is 3.05. The maximum absolute atomic E-state index is 12.1. The molecule has 1 aromatic carbocycles. The van der Waals surface area contributed by atoms with Crippen molar-refractivity contribution in [2.24, 2.45) is 11.8 Å². The van der Waals surface area contributed by atoms with Crippen LogP contribution >= 0.6 is 0 Å². The molecule has 1 saturated heterocycles. The van der Waals surface area contributed by atoms with Crippen LogP contribution in [-0.4, -0.2) is 18.1 Å². The van der Waals surface area contributed by atoms with E-state index >= 15 is 0 Å². The minimum atomic E-state index is -0.514. The SMILES string of the molecule is C[C@H](C=O)[C@@H]1CC(=O)N(c2ccccc2)C1=O. The van der Waals surface area contributed by atoms with Crippen molar-refractivity contribution in [1.82, 2.24) is 0 Å². The highest BCUT2D eigenvalue weighted by molar-refractivity contribution is 6.21. The van der Waals surface area contributed by atoms with Gasteiger partial charge in [0.05, 0.1) is 11.6 Å². The molecule has 0 spiro atoms. The van der Waals surface area contributed by atoms with Crippen LogP contribution < -0.4 is 4.90 Å². The molecule has 0 aliphatic carbocycles. The van der Waals surface area contributed by atoms with Crippen molar-refractivity contribution in [2.45, 2.75) is 13.3 Å². The Kier molecular flexibility index (Phi) is 3.04. The zero-order chi connectivity index (χ0) is 12.4. The number of para-hydroxylation sites is 1. The van der Waals surface area contributed by atoms with Crippen LogP contribution in [0.4, 0.5) is 5.69 Å². The third-order valence-corrected chi connectivity index (χ3v) is 3.05. The van der Waals surface area contributed by atoms with Crippen molar-refractivity contribution < 1.29 is 14.4 Å². The maximum atomic E-state index is 12.1. The fourth-order valence-corrected chi connectivity index (χ4v) is 2.01. The summed E-state index contributed by atoms with van der Waals surface area (Å²) in [4.78, 5) is 35.7. The fraction of sp³-hybridized carbons (Fsp3) is 0.308. The molecule has 1 aliphatic heterocycles. The van der Waals surface area contributed by atoms with Crippen molar-refractivity contribution >= 4 is 23.8 Å². The lowest BCUT2D eigenvalue weighted by Gasteiger charge is -2.15. The third kappa shape index (κ3) is 1.98. The van der Waals surface area contributed by atoms with Crippen LogP contribution in [0.5, 0.6) is 0 Å². The lowest BCUT2D eigenvalue weighted by atomic mass is 9.94. The lowest BCUT2D eigenvalue weighted by Crippen LogP contribution is -2.32. The van der Waals surface area contributed by atoms with Gasteiger partial charge in [0.15, 0.2) is 0 Å². The quantitative estimate of drug-likeness (QED) is 0.583. The Labute approximate surface area is 99.2 Å². The van der Waals surface area contributed by atoms with Crippen molar-refractivity contribution in [2.75, 3.05) is 4.90 Å². The van der Waals surface area contributed by atoms with E-state index in [1.807, 2.05) is 6.07 Å². The van der Waals surface area contributed by atoms with Gasteiger partial charge in [-0.2, -0.15) is 0 Å². The molecule has 0 bridgehead atoms. The average Bonchev–Trinajstić information content (AvgIpc) is 2.65. The van der Waals surface area contributed by atoms with Gasteiger partial charge in [-0.15, -0.1) is 0 Å². The van der Waals surface area contributed by atoms with E-state index in [9.17, 15) is 14.4 Å². The van der Waals surface area contributed by atoms with Crippen molar-refractivity contribution in [3.8, 4) is 0 Å². The Morgan fingerprint density at radius 3 is 2.53 bits per heavy atom. The van der Waals surface area contributed by atoms with E-state index in [1.54, 1.807) is 31.2 Å². The van der Waals surface area contributed by atoms with Crippen LogP contribution in [0.2, 0.25) is 0 Å². The van der Waals surface area contributed by atoms with Crippen LogP contribution in [0.25, 0.3) is 0 Å². The van der Waals surface area contributed by atoms with Crippen molar-refractivity contribution in [3.05, 3.63) is 30.3 Å². The summed E-state index contributed by atoms with van der Waals surface area (Å²) < 4.78 is 0. The molecule has 0 N–H and O–H groups in total. The number of nitrogens with zero attached hydrogens (tertiary/aromatic N) is 1. The molecule has 4 heteroatoms. The summed E-state index contributed by atoms with van der Waals surface area (Å²) in [6, 6.07) is 8.78. The Hall–Kier alpha value is -1.97. The molecule has 1 fully saturated rings. The van der Waals surface area contributed by atoms with Gasteiger partial charge in [-0.1, -0.05) is 25.1 Å². The molecule has 17 heavy (non-hydrogen) atoms. The number of hydrogen-bond donors (Lipinski definition) is 0. The summed E-state index contributed by atoms with van der Waals surface area (Å²) in [7, 11) is 0. The van der Waals surface area contributed by atoms with Crippen LogP contribution in [0, 0.1) is 11.8 Å². The molecule has 2 amide bonds. The normalized spacial score (nSPS) is 21.7. The van der Waals surface area contributed by atoms with E-state index in [2.05, 4.69) is 0 Å².